The first-order valence-corrected chi connectivity index (χ1v) is 3.10. The van der Waals surface area contributed by atoms with Gasteiger partial charge in [0, 0.05) is 28.4 Å². The van der Waals surface area contributed by atoms with Crippen LogP contribution in [0, 0.1) is 0 Å². The van der Waals surface area contributed by atoms with Crippen molar-refractivity contribution in [3.05, 3.63) is 0 Å². The molecular weight excluding hydrogens is 150 g/mol. The molecule has 0 rings (SSSR count). The molecule has 2 N–H and O–H groups in total. The average Bonchev–Trinajstić information content (AvgIpc) is 2.08. The quantitative estimate of drug-likeness (QED) is 0.557. The zero-order valence-electron chi connectivity index (χ0n) is 7.29. The van der Waals surface area contributed by atoms with Gasteiger partial charge in [0.1, 0.15) is 0 Å². The molecule has 0 saturated heterocycles. The van der Waals surface area contributed by atoms with E-state index in [0.29, 0.717) is 0 Å². The summed E-state index contributed by atoms with van der Waals surface area (Å²) in [6, 6.07) is 0. The van der Waals surface area contributed by atoms with Crippen LogP contribution < -0.4 is 5.73 Å². The summed E-state index contributed by atoms with van der Waals surface area (Å²) in [5, 5.41) is 0. The number of hydrogen-bond donors (Lipinski definition) is 1. The molecule has 0 spiro atoms. The van der Waals surface area contributed by atoms with Gasteiger partial charge in [0.15, 0.2) is 6.23 Å². The van der Waals surface area contributed by atoms with E-state index in [4.69, 9.17) is 24.7 Å². The van der Waals surface area contributed by atoms with Gasteiger partial charge in [-0.25, -0.2) is 0 Å². The maximum absolute atomic E-state index is 5.49. The van der Waals surface area contributed by atoms with E-state index in [1.807, 2.05) is 0 Å². The number of rotatable bonds is 5. The van der Waals surface area contributed by atoms with Crippen molar-refractivity contribution in [2.75, 3.05) is 28.4 Å². The van der Waals surface area contributed by atoms with Gasteiger partial charge in [-0.05, 0) is 0 Å². The lowest BCUT2D eigenvalue weighted by Crippen LogP contribution is -2.53. The number of methoxy groups -OCH3 is 4. The molecule has 5 nitrogen and oxygen atoms in total. The summed E-state index contributed by atoms with van der Waals surface area (Å²) in [6.45, 7) is 0. The lowest BCUT2D eigenvalue weighted by molar-refractivity contribution is -0.390. The minimum absolute atomic E-state index is 0.775. The van der Waals surface area contributed by atoms with E-state index in [-0.39, 0.29) is 0 Å². The lowest BCUT2D eigenvalue weighted by Gasteiger charge is -2.32. The van der Waals surface area contributed by atoms with Crippen molar-refractivity contribution >= 4 is 0 Å². The maximum atomic E-state index is 5.49. The van der Waals surface area contributed by atoms with Crippen LogP contribution in [-0.2, 0) is 18.9 Å². The minimum Gasteiger partial charge on any atom is -0.358 e. The average molecular weight is 165 g/mol. The van der Waals surface area contributed by atoms with Gasteiger partial charge >= 0.3 is 5.97 Å². The van der Waals surface area contributed by atoms with Crippen molar-refractivity contribution in [3.63, 3.8) is 0 Å². The second-order valence-corrected chi connectivity index (χ2v) is 1.87. The van der Waals surface area contributed by atoms with Crippen molar-refractivity contribution in [2.45, 2.75) is 12.2 Å². The van der Waals surface area contributed by atoms with Gasteiger partial charge in [-0.1, -0.05) is 0 Å². The molecule has 0 aliphatic rings. The Kier molecular flexibility index (Phi) is 4.55. The first kappa shape index (κ1) is 10.8. The van der Waals surface area contributed by atoms with Gasteiger partial charge in [-0.2, -0.15) is 0 Å². The van der Waals surface area contributed by atoms with Crippen LogP contribution in [0.1, 0.15) is 0 Å². The fourth-order valence-corrected chi connectivity index (χ4v) is 0.743. The molecule has 0 amide bonds. The molecule has 0 aromatic heterocycles. The summed E-state index contributed by atoms with van der Waals surface area (Å²) < 4.78 is 19.5. The predicted octanol–water partition coefficient (Wildman–Crippen LogP) is -0.489. The summed E-state index contributed by atoms with van der Waals surface area (Å²) in [7, 11) is 5.71. The largest absolute Gasteiger partial charge is 0.358 e. The third-order valence-corrected chi connectivity index (χ3v) is 1.46. The molecule has 0 aromatic carbocycles. The van der Waals surface area contributed by atoms with Crippen LogP contribution >= 0.6 is 0 Å². The summed E-state index contributed by atoms with van der Waals surface area (Å²) in [5.74, 6) is -1.31. The van der Waals surface area contributed by atoms with Crippen LogP contribution in [0.2, 0.25) is 0 Å². The molecule has 0 radical (unpaired) electrons. The summed E-state index contributed by atoms with van der Waals surface area (Å²) in [5.41, 5.74) is 5.49. The van der Waals surface area contributed by atoms with Crippen LogP contribution in [0.3, 0.4) is 0 Å². The SMILES string of the molecule is COC(N)C(OC)(OC)OC. The molecule has 0 heterocycles. The molecule has 11 heavy (non-hydrogen) atoms. The topological polar surface area (TPSA) is 62.9 Å². The van der Waals surface area contributed by atoms with E-state index in [9.17, 15) is 0 Å². The van der Waals surface area contributed by atoms with Crippen LogP contribution in [0.15, 0.2) is 0 Å². The van der Waals surface area contributed by atoms with Crippen molar-refractivity contribution in [1.29, 1.82) is 0 Å². The summed E-state index contributed by atoms with van der Waals surface area (Å²) >= 11 is 0. The first-order valence-electron chi connectivity index (χ1n) is 3.10. The minimum atomic E-state index is -1.31. The Balaban J connectivity index is 4.26. The molecule has 0 aliphatic carbocycles. The van der Waals surface area contributed by atoms with Crippen LogP contribution in [0.4, 0.5) is 0 Å². The van der Waals surface area contributed by atoms with E-state index in [0.717, 1.165) is 0 Å². The molecule has 1 unspecified atom stereocenters. The summed E-state index contributed by atoms with van der Waals surface area (Å²) in [4.78, 5) is 0. The Labute approximate surface area is 66.4 Å². The molecule has 0 aromatic rings. The second kappa shape index (κ2) is 4.63. The molecule has 0 aliphatic heterocycles. The fraction of sp³-hybridized carbons (Fsp3) is 1.00. The van der Waals surface area contributed by atoms with E-state index >= 15 is 0 Å². The van der Waals surface area contributed by atoms with Crippen molar-refractivity contribution < 1.29 is 18.9 Å². The molecule has 68 valence electrons. The third kappa shape index (κ3) is 2.11. The Bertz CT molecular complexity index is 96.5. The molecule has 5 heteroatoms. The number of nitrogens with two attached hydrogens (primary N) is 1. The van der Waals surface area contributed by atoms with Crippen molar-refractivity contribution in [3.8, 4) is 0 Å². The smallest absolute Gasteiger partial charge is 0.324 e. The highest BCUT2D eigenvalue weighted by Crippen LogP contribution is 2.15. The van der Waals surface area contributed by atoms with Crippen molar-refractivity contribution in [1.82, 2.24) is 0 Å². The molecule has 0 bridgehead atoms. The second-order valence-electron chi connectivity index (χ2n) is 1.87. The Morgan fingerprint density at radius 2 is 1.36 bits per heavy atom. The van der Waals surface area contributed by atoms with E-state index < -0.39 is 12.2 Å². The van der Waals surface area contributed by atoms with Gasteiger partial charge in [-0.3, -0.25) is 5.73 Å². The van der Waals surface area contributed by atoms with Crippen LogP contribution in [0.5, 0.6) is 0 Å². The molecule has 1 atom stereocenters. The van der Waals surface area contributed by atoms with Crippen molar-refractivity contribution in [2.24, 2.45) is 5.73 Å². The van der Waals surface area contributed by atoms with Gasteiger partial charge < -0.3 is 18.9 Å². The van der Waals surface area contributed by atoms with Gasteiger partial charge in [0.25, 0.3) is 0 Å². The number of ether oxygens (including phenoxy) is 4. The molecule has 0 fully saturated rings. The Hall–Kier alpha value is -0.200. The highest BCUT2D eigenvalue weighted by molar-refractivity contribution is 4.62. The molecule has 0 saturated carbocycles. The van der Waals surface area contributed by atoms with Gasteiger partial charge in [-0.15, -0.1) is 0 Å². The zero-order chi connectivity index (χ0) is 8.91. The Morgan fingerprint density at radius 1 is 1.00 bits per heavy atom. The van der Waals surface area contributed by atoms with E-state index in [2.05, 4.69) is 0 Å². The predicted molar refractivity (Wildman–Crippen MR) is 38.7 cm³/mol. The monoisotopic (exact) mass is 165 g/mol. The maximum Gasteiger partial charge on any atom is 0.324 e. The zero-order valence-corrected chi connectivity index (χ0v) is 7.29. The van der Waals surface area contributed by atoms with Gasteiger partial charge in [0.2, 0.25) is 0 Å². The highest BCUT2D eigenvalue weighted by atomic mass is 16.9. The van der Waals surface area contributed by atoms with Crippen LogP contribution in [0.25, 0.3) is 0 Å². The molecular formula is C6H15NO4. The third-order valence-electron chi connectivity index (χ3n) is 1.46. The van der Waals surface area contributed by atoms with E-state index in [1.165, 1.54) is 28.4 Å². The van der Waals surface area contributed by atoms with E-state index in [1.54, 1.807) is 0 Å². The lowest BCUT2D eigenvalue weighted by atomic mass is 10.5. The van der Waals surface area contributed by atoms with Gasteiger partial charge in [0.05, 0.1) is 0 Å². The standard InChI is InChI=1S/C6H15NO4/c1-8-5(7)6(9-2,10-3)11-4/h5H,7H2,1-4H3. The number of hydrogen-bond acceptors (Lipinski definition) is 5. The first-order chi connectivity index (χ1) is 5.16. The fourth-order valence-electron chi connectivity index (χ4n) is 0.743. The summed E-state index contributed by atoms with van der Waals surface area (Å²) in [6.07, 6.45) is -0.775. The Morgan fingerprint density at radius 3 is 1.45 bits per heavy atom. The van der Waals surface area contributed by atoms with Crippen LogP contribution in [-0.4, -0.2) is 40.6 Å². The normalized spacial score (nSPS) is 15.0. The highest BCUT2D eigenvalue weighted by Gasteiger charge is 2.38.